The lowest BCUT2D eigenvalue weighted by Gasteiger charge is -2.24. The highest BCUT2D eigenvalue weighted by molar-refractivity contribution is 7.98. The first kappa shape index (κ1) is 14.3. The average molecular weight is 260 g/mol. The molecule has 1 aliphatic rings. The normalized spacial score (nSPS) is 21.8. The molecule has 0 saturated carbocycles. The van der Waals surface area contributed by atoms with Gasteiger partial charge in [-0.05, 0) is 37.8 Å². The summed E-state index contributed by atoms with van der Waals surface area (Å²) in [7, 11) is 0. The minimum atomic E-state index is -0.955. The van der Waals surface area contributed by atoms with E-state index in [0.29, 0.717) is 6.42 Å². The molecular formula is C11H20N2O3S. The maximum atomic E-state index is 11.8. The smallest absolute Gasteiger partial charge is 0.326 e. The molecule has 0 bridgehead atoms. The van der Waals surface area contributed by atoms with Crippen LogP contribution in [-0.2, 0) is 9.59 Å². The van der Waals surface area contributed by atoms with E-state index in [1.54, 1.807) is 11.8 Å². The lowest BCUT2D eigenvalue weighted by atomic mass is 10.0. The molecule has 0 aromatic rings. The average Bonchev–Trinajstić information content (AvgIpc) is 2.35. The highest BCUT2D eigenvalue weighted by Gasteiger charge is 2.25. The van der Waals surface area contributed by atoms with Gasteiger partial charge >= 0.3 is 5.97 Å². The fourth-order valence-electron chi connectivity index (χ4n) is 1.84. The SMILES string of the molecule is CSCC[C@@H](NC(=O)[C@H]1CCCCN1)C(=O)O. The molecule has 2 atom stereocenters. The summed E-state index contributed by atoms with van der Waals surface area (Å²) in [5.74, 6) is -0.406. The monoisotopic (exact) mass is 260 g/mol. The number of rotatable bonds is 6. The molecular weight excluding hydrogens is 240 g/mol. The Morgan fingerprint density at radius 1 is 1.53 bits per heavy atom. The minimum Gasteiger partial charge on any atom is -0.480 e. The van der Waals surface area contributed by atoms with Gasteiger partial charge in [0, 0.05) is 0 Å². The van der Waals surface area contributed by atoms with Crippen LogP contribution in [0.15, 0.2) is 0 Å². The van der Waals surface area contributed by atoms with Crippen molar-refractivity contribution < 1.29 is 14.7 Å². The third-order valence-corrected chi connectivity index (χ3v) is 3.50. The second-order valence-electron chi connectivity index (χ2n) is 4.18. The van der Waals surface area contributed by atoms with Gasteiger partial charge in [0.05, 0.1) is 6.04 Å². The highest BCUT2D eigenvalue weighted by Crippen LogP contribution is 2.08. The maximum Gasteiger partial charge on any atom is 0.326 e. The second-order valence-corrected chi connectivity index (χ2v) is 5.17. The van der Waals surface area contributed by atoms with Gasteiger partial charge in [0.15, 0.2) is 0 Å². The van der Waals surface area contributed by atoms with Crippen molar-refractivity contribution in [2.45, 2.75) is 37.8 Å². The Labute approximate surface area is 106 Å². The summed E-state index contributed by atoms with van der Waals surface area (Å²) in [6.45, 7) is 0.834. The second kappa shape index (κ2) is 7.55. The van der Waals surface area contributed by atoms with Crippen molar-refractivity contribution >= 4 is 23.6 Å². The summed E-state index contributed by atoms with van der Waals surface area (Å²) in [4.78, 5) is 22.8. The van der Waals surface area contributed by atoms with Gasteiger partial charge in [-0.2, -0.15) is 11.8 Å². The van der Waals surface area contributed by atoms with Crippen LogP contribution in [-0.4, -0.2) is 47.6 Å². The van der Waals surface area contributed by atoms with Crippen molar-refractivity contribution in [3.05, 3.63) is 0 Å². The number of aliphatic carboxylic acids is 1. The number of hydrogen-bond donors (Lipinski definition) is 3. The first-order chi connectivity index (χ1) is 8.15. The fraction of sp³-hybridized carbons (Fsp3) is 0.818. The quantitative estimate of drug-likeness (QED) is 0.646. The third kappa shape index (κ3) is 4.95. The van der Waals surface area contributed by atoms with Crippen molar-refractivity contribution in [3.8, 4) is 0 Å². The van der Waals surface area contributed by atoms with Crippen molar-refractivity contribution in [1.29, 1.82) is 0 Å². The molecule has 5 nitrogen and oxygen atoms in total. The van der Waals surface area contributed by atoms with Crippen LogP contribution in [0, 0.1) is 0 Å². The Bertz CT molecular complexity index is 267. The Morgan fingerprint density at radius 2 is 2.29 bits per heavy atom. The molecule has 1 fully saturated rings. The number of hydrogen-bond acceptors (Lipinski definition) is 4. The summed E-state index contributed by atoms with van der Waals surface area (Å²) in [5.41, 5.74) is 0. The van der Waals surface area contributed by atoms with E-state index >= 15 is 0 Å². The largest absolute Gasteiger partial charge is 0.480 e. The van der Waals surface area contributed by atoms with E-state index in [1.165, 1.54) is 0 Å². The summed E-state index contributed by atoms with van der Waals surface area (Å²) in [5, 5.41) is 14.7. The molecule has 6 heteroatoms. The lowest BCUT2D eigenvalue weighted by Crippen LogP contribution is -2.51. The number of amides is 1. The van der Waals surface area contributed by atoms with Crippen molar-refractivity contribution in [1.82, 2.24) is 10.6 Å². The molecule has 1 aliphatic heterocycles. The van der Waals surface area contributed by atoms with Gasteiger partial charge in [-0.1, -0.05) is 6.42 Å². The van der Waals surface area contributed by atoms with E-state index in [1.807, 2.05) is 6.26 Å². The molecule has 1 saturated heterocycles. The zero-order chi connectivity index (χ0) is 12.7. The number of piperidine rings is 1. The van der Waals surface area contributed by atoms with Crippen LogP contribution in [0.1, 0.15) is 25.7 Å². The van der Waals surface area contributed by atoms with Gasteiger partial charge in [-0.25, -0.2) is 4.79 Å². The molecule has 17 heavy (non-hydrogen) atoms. The van der Waals surface area contributed by atoms with Crippen LogP contribution in [0.5, 0.6) is 0 Å². The molecule has 0 unspecified atom stereocenters. The molecule has 1 amide bonds. The molecule has 1 heterocycles. The lowest BCUT2D eigenvalue weighted by molar-refractivity contribution is -0.142. The highest BCUT2D eigenvalue weighted by atomic mass is 32.2. The minimum absolute atomic E-state index is 0.182. The molecule has 0 aliphatic carbocycles. The van der Waals surface area contributed by atoms with E-state index < -0.39 is 12.0 Å². The van der Waals surface area contributed by atoms with E-state index in [-0.39, 0.29) is 11.9 Å². The molecule has 0 radical (unpaired) electrons. The topological polar surface area (TPSA) is 78.4 Å². The van der Waals surface area contributed by atoms with Crippen molar-refractivity contribution in [3.63, 3.8) is 0 Å². The number of carbonyl (C=O) groups excluding carboxylic acids is 1. The standard InChI is InChI=1S/C11H20N2O3S/c1-17-7-5-9(11(15)16)13-10(14)8-4-2-3-6-12-8/h8-9,12H,2-7H2,1H3,(H,13,14)(H,15,16)/t8-,9-/m1/s1. The third-order valence-electron chi connectivity index (χ3n) is 2.85. The van der Waals surface area contributed by atoms with Gasteiger partial charge in [-0.15, -0.1) is 0 Å². The Kier molecular flexibility index (Phi) is 6.36. The van der Waals surface area contributed by atoms with Crippen LogP contribution >= 0.6 is 11.8 Å². The first-order valence-corrected chi connectivity index (χ1v) is 7.30. The van der Waals surface area contributed by atoms with Crippen LogP contribution in [0.25, 0.3) is 0 Å². The van der Waals surface area contributed by atoms with Crippen LogP contribution in [0.4, 0.5) is 0 Å². The molecule has 3 N–H and O–H groups in total. The zero-order valence-electron chi connectivity index (χ0n) is 10.1. The predicted molar refractivity (Wildman–Crippen MR) is 68.2 cm³/mol. The summed E-state index contributed by atoms with van der Waals surface area (Å²) in [6, 6.07) is -0.987. The molecule has 0 aromatic carbocycles. The van der Waals surface area contributed by atoms with E-state index in [9.17, 15) is 9.59 Å². The van der Waals surface area contributed by atoms with Crippen LogP contribution in [0.3, 0.4) is 0 Å². The van der Waals surface area contributed by atoms with E-state index in [2.05, 4.69) is 10.6 Å². The predicted octanol–water partition coefficient (Wildman–Crippen LogP) is 0.451. The van der Waals surface area contributed by atoms with Crippen LogP contribution < -0.4 is 10.6 Å². The van der Waals surface area contributed by atoms with Crippen molar-refractivity contribution in [2.24, 2.45) is 0 Å². The summed E-state index contributed by atoms with van der Waals surface area (Å²) >= 11 is 1.58. The van der Waals surface area contributed by atoms with Crippen LogP contribution in [0.2, 0.25) is 0 Å². The Hall–Kier alpha value is -0.750. The number of nitrogens with one attached hydrogen (secondary N) is 2. The molecule has 1 rings (SSSR count). The number of carboxylic acid groups (broad SMARTS) is 1. The number of thioether (sulfide) groups is 1. The molecule has 98 valence electrons. The maximum absolute atomic E-state index is 11.8. The summed E-state index contributed by atoms with van der Waals surface area (Å²) in [6.07, 6.45) is 5.28. The first-order valence-electron chi connectivity index (χ1n) is 5.90. The summed E-state index contributed by atoms with van der Waals surface area (Å²) < 4.78 is 0. The van der Waals surface area contributed by atoms with Crippen molar-refractivity contribution in [2.75, 3.05) is 18.6 Å². The van der Waals surface area contributed by atoms with E-state index in [4.69, 9.17) is 5.11 Å². The fourth-order valence-corrected chi connectivity index (χ4v) is 2.31. The van der Waals surface area contributed by atoms with Gasteiger partial charge in [-0.3, -0.25) is 4.79 Å². The van der Waals surface area contributed by atoms with Gasteiger partial charge in [0.2, 0.25) is 5.91 Å². The number of carbonyl (C=O) groups is 2. The zero-order valence-corrected chi connectivity index (χ0v) is 10.9. The molecule has 0 spiro atoms. The molecule has 0 aromatic heterocycles. The van der Waals surface area contributed by atoms with E-state index in [0.717, 1.165) is 31.6 Å². The Morgan fingerprint density at radius 3 is 2.82 bits per heavy atom. The van der Waals surface area contributed by atoms with Gasteiger partial charge < -0.3 is 15.7 Å². The van der Waals surface area contributed by atoms with Gasteiger partial charge in [0.1, 0.15) is 6.04 Å². The Balaban J connectivity index is 2.42. The van der Waals surface area contributed by atoms with Gasteiger partial charge in [0.25, 0.3) is 0 Å². The number of carboxylic acids is 1.